The lowest BCUT2D eigenvalue weighted by Gasteiger charge is -2.29. The van der Waals surface area contributed by atoms with Gasteiger partial charge in [-0.1, -0.05) is 27.2 Å². The molecule has 15 heavy (non-hydrogen) atoms. The summed E-state index contributed by atoms with van der Waals surface area (Å²) in [5.41, 5.74) is 0. The predicted octanol–water partition coefficient (Wildman–Crippen LogP) is 2.82. The van der Waals surface area contributed by atoms with Gasteiger partial charge in [0, 0.05) is 12.0 Å². The number of hydrogen-bond donors (Lipinski definition) is 1. The van der Waals surface area contributed by atoms with Crippen molar-refractivity contribution in [3.8, 4) is 0 Å². The highest BCUT2D eigenvalue weighted by molar-refractivity contribution is 4.91. The van der Waals surface area contributed by atoms with Gasteiger partial charge in [-0.3, -0.25) is 0 Å². The van der Waals surface area contributed by atoms with E-state index in [9.17, 15) is 0 Å². The molecule has 1 aliphatic heterocycles. The fourth-order valence-electron chi connectivity index (χ4n) is 2.99. The van der Waals surface area contributed by atoms with Crippen molar-refractivity contribution in [2.75, 3.05) is 6.54 Å². The van der Waals surface area contributed by atoms with Crippen LogP contribution in [0.5, 0.6) is 0 Å². The van der Waals surface area contributed by atoms with Crippen LogP contribution in [0.25, 0.3) is 0 Å². The summed E-state index contributed by atoms with van der Waals surface area (Å²) in [4.78, 5) is 0. The minimum atomic E-state index is 0.408. The fourth-order valence-corrected chi connectivity index (χ4v) is 2.99. The third-order valence-electron chi connectivity index (χ3n) is 3.85. The molecule has 1 saturated heterocycles. The molecule has 2 nitrogen and oxygen atoms in total. The molecule has 1 N–H and O–H groups in total. The van der Waals surface area contributed by atoms with Crippen LogP contribution in [0, 0.1) is 11.8 Å². The van der Waals surface area contributed by atoms with Crippen LogP contribution in [0.2, 0.25) is 0 Å². The maximum absolute atomic E-state index is 5.92. The van der Waals surface area contributed by atoms with E-state index in [2.05, 4.69) is 39.9 Å². The Balaban J connectivity index is 2.64. The number of hydrogen-bond acceptors (Lipinski definition) is 2. The van der Waals surface area contributed by atoms with Gasteiger partial charge in [-0.2, -0.15) is 0 Å². The minimum absolute atomic E-state index is 0.408. The molecule has 0 amide bonds. The molecule has 0 saturated carbocycles. The van der Waals surface area contributed by atoms with Crippen LogP contribution in [0.3, 0.4) is 0 Å². The van der Waals surface area contributed by atoms with Crippen LogP contribution in [-0.4, -0.2) is 24.8 Å². The highest BCUT2D eigenvalue weighted by Crippen LogP contribution is 2.35. The van der Waals surface area contributed by atoms with Crippen molar-refractivity contribution in [2.45, 2.75) is 65.7 Å². The molecular weight excluding hydrogens is 186 g/mol. The Morgan fingerprint density at radius 2 is 1.80 bits per heavy atom. The smallest absolute Gasteiger partial charge is 0.0597 e. The summed E-state index contributed by atoms with van der Waals surface area (Å²) in [6, 6.07) is 0.634. The molecule has 0 radical (unpaired) electrons. The van der Waals surface area contributed by atoms with E-state index in [-0.39, 0.29) is 0 Å². The molecule has 1 heterocycles. The second kappa shape index (κ2) is 5.86. The molecule has 90 valence electrons. The Bertz CT molecular complexity index is 177. The van der Waals surface area contributed by atoms with Crippen LogP contribution in [0.4, 0.5) is 0 Å². The van der Waals surface area contributed by atoms with Crippen molar-refractivity contribution in [3.05, 3.63) is 0 Å². The largest absolute Gasteiger partial charge is 0.375 e. The molecule has 5 atom stereocenters. The number of nitrogens with one attached hydrogen (secondary N) is 1. The molecule has 1 aliphatic rings. The zero-order chi connectivity index (χ0) is 11.4. The van der Waals surface area contributed by atoms with Crippen molar-refractivity contribution in [1.82, 2.24) is 5.32 Å². The lowest BCUT2D eigenvalue weighted by Crippen LogP contribution is -2.41. The summed E-state index contributed by atoms with van der Waals surface area (Å²) in [7, 11) is 0. The first-order valence-electron chi connectivity index (χ1n) is 6.50. The van der Waals surface area contributed by atoms with Crippen LogP contribution >= 0.6 is 0 Å². The van der Waals surface area contributed by atoms with Gasteiger partial charge in [0.15, 0.2) is 0 Å². The minimum Gasteiger partial charge on any atom is -0.375 e. The number of ether oxygens (including phenoxy) is 1. The van der Waals surface area contributed by atoms with Gasteiger partial charge in [-0.15, -0.1) is 0 Å². The van der Waals surface area contributed by atoms with E-state index in [1.165, 1.54) is 12.8 Å². The van der Waals surface area contributed by atoms with Gasteiger partial charge >= 0.3 is 0 Å². The Labute approximate surface area is 94.8 Å². The summed E-state index contributed by atoms with van der Waals surface area (Å²) in [6.07, 6.45) is 3.35. The zero-order valence-corrected chi connectivity index (χ0v) is 10.9. The highest BCUT2D eigenvalue weighted by atomic mass is 16.5. The van der Waals surface area contributed by atoms with Gasteiger partial charge in [0.25, 0.3) is 0 Å². The zero-order valence-electron chi connectivity index (χ0n) is 10.9. The van der Waals surface area contributed by atoms with Crippen LogP contribution in [0.15, 0.2) is 0 Å². The molecule has 0 aromatic heterocycles. The normalized spacial score (nSPS) is 38.2. The maximum atomic E-state index is 5.92. The van der Waals surface area contributed by atoms with Crippen molar-refractivity contribution in [2.24, 2.45) is 11.8 Å². The van der Waals surface area contributed by atoms with E-state index in [1.54, 1.807) is 0 Å². The van der Waals surface area contributed by atoms with Gasteiger partial charge in [0.1, 0.15) is 0 Å². The van der Waals surface area contributed by atoms with Crippen LogP contribution in [0.1, 0.15) is 47.5 Å². The molecule has 2 heteroatoms. The molecule has 5 unspecified atom stereocenters. The van der Waals surface area contributed by atoms with E-state index in [1.807, 2.05) is 0 Å². The summed E-state index contributed by atoms with van der Waals surface area (Å²) in [6.45, 7) is 12.3. The van der Waals surface area contributed by atoms with Gasteiger partial charge in [-0.25, -0.2) is 0 Å². The second-order valence-electron chi connectivity index (χ2n) is 4.94. The summed E-state index contributed by atoms with van der Waals surface area (Å²) in [5.74, 6) is 1.36. The first kappa shape index (κ1) is 13.0. The first-order valence-corrected chi connectivity index (χ1v) is 6.50. The third kappa shape index (κ3) is 2.94. The summed E-state index contributed by atoms with van der Waals surface area (Å²) < 4.78 is 5.92. The molecule has 0 spiro atoms. The lowest BCUT2D eigenvalue weighted by atomic mass is 9.81. The average Bonchev–Trinajstić information content (AvgIpc) is 2.41. The van der Waals surface area contributed by atoms with Crippen molar-refractivity contribution < 1.29 is 4.74 Å². The topological polar surface area (TPSA) is 21.3 Å². The van der Waals surface area contributed by atoms with Crippen molar-refractivity contribution >= 4 is 0 Å². The second-order valence-corrected chi connectivity index (χ2v) is 4.94. The van der Waals surface area contributed by atoms with Gasteiger partial charge < -0.3 is 10.1 Å². The molecule has 0 bridgehead atoms. The molecule has 0 aliphatic carbocycles. The van der Waals surface area contributed by atoms with Crippen molar-refractivity contribution in [3.63, 3.8) is 0 Å². The van der Waals surface area contributed by atoms with E-state index < -0.39 is 0 Å². The van der Waals surface area contributed by atoms with E-state index >= 15 is 0 Å². The molecule has 1 rings (SSSR count). The number of rotatable bonds is 5. The maximum Gasteiger partial charge on any atom is 0.0597 e. The first-order chi connectivity index (χ1) is 7.11. The standard InChI is InChI=1S/C13H27NO/c1-6-8-12(14-7-2)13-9(3)10(4)15-11(13)5/h9-14H,6-8H2,1-5H3. The van der Waals surface area contributed by atoms with Gasteiger partial charge in [0.05, 0.1) is 12.2 Å². The fraction of sp³-hybridized carbons (Fsp3) is 1.00. The quantitative estimate of drug-likeness (QED) is 0.758. The third-order valence-corrected chi connectivity index (χ3v) is 3.85. The van der Waals surface area contributed by atoms with E-state index in [4.69, 9.17) is 4.74 Å². The van der Waals surface area contributed by atoms with E-state index in [0.29, 0.717) is 30.1 Å². The highest BCUT2D eigenvalue weighted by Gasteiger charge is 2.40. The Kier molecular flexibility index (Phi) is 5.07. The Morgan fingerprint density at radius 1 is 1.13 bits per heavy atom. The lowest BCUT2D eigenvalue weighted by molar-refractivity contribution is 0.0472. The Morgan fingerprint density at radius 3 is 2.20 bits per heavy atom. The van der Waals surface area contributed by atoms with Crippen LogP contribution in [-0.2, 0) is 4.74 Å². The van der Waals surface area contributed by atoms with Crippen molar-refractivity contribution in [1.29, 1.82) is 0 Å². The summed E-state index contributed by atoms with van der Waals surface area (Å²) in [5, 5.41) is 3.63. The monoisotopic (exact) mass is 213 g/mol. The molecule has 0 aromatic carbocycles. The van der Waals surface area contributed by atoms with Gasteiger partial charge in [-0.05, 0) is 32.7 Å². The SMILES string of the molecule is CCCC(NCC)C1C(C)OC(C)C1C. The average molecular weight is 213 g/mol. The molecular formula is C13H27NO. The predicted molar refractivity (Wildman–Crippen MR) is 65.0 cm³/mol. The van der Waals surface area contributed by atoms with Crippen LogP contribution < -0.4 is 5.32 Å². The van der Waals surface area contributed by atoms with E-state index in [0.717, 1.165) is 6.54 Å². The molecule has 1 fully saturated rings. The Hall–Kier alpha value is -0.0800. The summed E-state index contributed by atoms with van der Waals surface area (Å²) >= 11 is 0. The van der Waals surface area contributed by atoms with Gasteiger partial charge in [0.2, 0.25) is 0 Å². The molecule has 0 aromatic rings.